The molecule has 15 heteroatoms. The van der Waals surface area contributed by atoms with Crippen LogP contribution in [0, 0.1) is 55.4 Å². The van der Waals surface area contributed by atoms with Crippen LogP contribution in [0.1, 0.15) is 223 Å². The summed E-state index contributed by atoms with van der Waals surface area (Å²) >= 11 is 60.9. The van der Waals surface area contributed by atoms with Crippen molar-refractivity contribution in [3.63, 3.8) is 0 Å². The van der Waals surface area contributed by atoms with Gasteiger partial charge in [0.05, 0.1) is 108 Å². The lowest BCUT2D eigenvalue weighted by Crippen LogP contribution is -2.41. The van der Waals surface area contributed by atoms with E-state index in [1.54, 1.807) is 41.3 Å². The van der Waals surface area contributed by atoms with Gasteiger partial charge in [0.1, 0.15) is 0 Å². The Morgan fingerprint density at radius 3 is 0.841 bits per heavy atom. The van der Waals surface area contributed by atoms with Gasteiger partial charge < -0.3 is 25.3 Å². The molecule has 0 aliphatic carbocycles. The Balaban J connectivity index is 0.000000140. The molecular weight excluding hydrogens is 1690 g/mol. The van der Waals surface area contributed by atoms with Crippen molar-refractivity contribution in [1.29, 1.82) is 0 Å². The van der Waals surface area contributed by atoms with Crippen LogP contribution in [0.5, 0.6) is 0 Å². The summed E-state index contributed by atoms with van der Waals surface area (Å²) in [6.45, 7) is 56.5. The van der Waals surface area contributed by atoms with Crippen molar-refractivity contribution in [2.24, 2.45) is 0 Å². The van der Waals surface area contributed by atoms with Gasteiger partial charge in [-0.2, -0.15) is 0 Å². The Bertz CT molecular complexity index is 5380. The maximum Gasteiger partial charge on any atom is 0.0837 e. The van der Waals surface area contributed by atoms with Crippen molar-refractivity contribution in [3.05, 3.63) is 300 Å². The van der Waals surface area contributed by atoms with Crippen LogP contribution in [0.25, 0.3) is 0 Å². The van der Waals surface area contributed by atoms with Crippen LogP contribution in [0.4, 0.5) is 73.9 Å². The molecule has 11 aromatic carbocycles. The molecule has 588 valence electrons. The average molecular weight is 1790 g/mol. The van der Waals surface area contributed by atoms with Gasteiger partial charge in [0, 0.05) is 36.3 Å². The molecule has 0 spiro atoms. The molecule has 0 radical (unpaired) electrons. The lowest BCUT2D eigenvalue weighted by molar-refractivity contribution is 0.563. The van der Waals surface area contributed by atoms with Gasteiger partial charge in [-0.05, 0) is 238 Å². The van der Waals surface area contributed by atoms with E-state index in [9.17, 15) is 0 Å². The fourth-order valence-electron chi connectivity index (χ4n) is 17.4. The molecule has 5 nitrogen and oxygen atoms in total. The van der Waals surface area contributed by atoms with Crippen molar-refractivity contribution in [2.75, 3.05) is 25.3 Å². The van der Waals surface area contributed by atoms with Gasteiger partial charge in [-0.1, -0.05) is 327 Å². The summed E-state index contributed by atoms with van der Waals surface area (Å²) in [7, 11) is 0. The average Bonchev–Trinajstić information content (AvgIpc) is 0.748. The standard InChI is InChI=1S/C38H41BrN2.C28H29Cl2N.C22H17Cl6N.C10H14BrN/c1-20-22(3)32(23(4)21(2)31(20)39)40-29-16-12-14-25-34(29)41-33-27(37(25,8)9)18-24(36(5,6)7)19-28(33)38(10,11)26-15-13-17-30(40)35(26)41;1-26(2,3)16-14-19-23-20(15-16)28(6,7)18-11-9-13-22(30)25(18)31(23)24-17(27(19,4)5)10-8-12-21(24)29;1-22(2,3)12-10-17(27)21(18(28)11-12)29(19-13(23)6-4-7-14(19)24)20-15(25)8-5-9-16(20)26;1-5-7(3)10(12)8(4)6(2)9(5)11/h12-19H,1-11H3;8-15H,1-7H3;4-11H,1-3H3;12H2,1-4H3. The molecule has 5 heterocycles. The maximum absolute atomic E-state index is 6.89. The van der Waals surface area contributed by atoms with Gasteiger partial charge in [-0.15, -0.1) is 0 Å². The van der Waals surface area contributed by atoms with Crippen LogP contribution in [0.2, 0.25) is 40.2 Å². The number of halogens is 10. The monoisotopic (exact) mass is 1790 g/mol. The highest BCUT2D eigenvalue weighted by Gasteiger charge is 2.52. The van der Waals surface area contributed by atoms with Gasteiger partial charge in [-0.3, -0.25) is 0 Å². The fourth-order valence-corrected chi connectivity index (χ4v) is 20.9. The molecule has 5 aliphatic rings. The predicted octanol–water partition coefficient (Wildman–Crippen LogP) is 34.2. The number of hydrogen-bond acceptors (Lipinski definition) is 5. The molecule has 0 amide bonds. The first kappa shape index (κ1) is 84.6. The van der Waals surface area contributed by atoms with E-state index in [1.165, 1.54) is 149 Å². The Hall–Kier alpha value is -6.30. The Morgan fingerprint density at radius 2 is 0.531 bits per heavy atom. The van der Waals surface area contributed by atoms with Crippen LogP contribution in [0.15, 0.2) is 155 Å². The number of nitrogen functional groups attached to an aromatic ring is 1. The van der Waals surface area contributed by atoms with Gasteiger partial charge >= 0.3 is 0 Å². The Morgan fingerprint density at radius 1 is 0.283 bits per heavy atom. The van der Waals surface area contributed by atoms with Crippen LogP contribution in [-0.4, -0.2) is 0 Å². The largest absolute Gasteiger partial charge is 0.398 e. The number of benzene rings is 11. The molecule has 0 atom stereocenters. The Labute approximate surface area is 728 Å². The first-order chi connectivity index (χ1) is 52.4. The number of rotatable bonds is 4. The van der Waals surface area contributed by atoms with Crippen LogP contribution < -0.4 is 25.3 Å². The van der Waals surface area contributed by atoms with E-state index < -0.39 is 0 Å². The zero-order chi connectivity index (χ0) is 83.0. The predicted molar refractivity (Wildman–Crippen MR) is 500 cm³/mol. The number of hydrogen-bond donors (Lipinski definition) is 1. The first-order valence-corrected chi connectivity index (χ1v) is 43.1. The number of nitrogens with two attached hydrogens (primary N) is 1. The van der Waals surface area contributed by atoms with Crippen molar-refractivity contribution < 1.29 is 0 Å². The fraction of sp³-hybridized carbons (Fsp3) is 0.327. The summed E-state index contributed by atoms with van der Waals surface area (Å²) in [5.41, 5.74) is 43.6. The summed E-state index contributed by atoms with van der Waals surface area (Å²) in [5, 5.41) is 3.98. The second-order valence-electron chi connectivity index (χ2n) is 36.4. The quantitative estimate of drug-likeness (QED) is 0.178. The summed E-state index contributed by atoms with van der Waals surface area (Å²) in [6.07, 6.45) is 0. The van der Waals surface area contributed by atoms with Crippen LogP contribution in [0.3, 0.4) is 0 Å². The smallest absolute Gasteiger partial charge is 0.0837 e. The van der Waals surface area contributed by atoms with Crippen LogP contribution >= 0.6 is 125 Å². The minimum Gasteiger partial charge on any atom is -0.398 e. The third-order valence-corrected chi connectivity index (χ3v) is 29.7. The summed E-state index contributed by atoms with van der Waals surface area (Å²) in [4.78, 5) is 9.27. The zero-order valence-electron chi connectivity index (χ0n) is 69.5. The van der Waals surface area contributed by atoms with E-state index in [2.05, 4.69) is 305 Å². The van der Waals surface area contributed by atoms with E-state index in [0.717, 1.165) is 32.7 Å². The highest BCUT2D eigenvalue weighted by atomic mass is 79.9. The van der Waals surface area contributed by atoms with E-state index in [1.807, 2.05) is 24.3 Å². The maximum atomic E-state index is 6.89. The first-order valence-electron chi connectivity index (χ1n) is 38.5. The molecule has 0 bridgehead atoms. The normalized spacial score (nSPS) is 15.1. The van der Waals surface area contributed by atoms with E-state index in [0.29, 0.717) is 47.2 Å². The molecule has 0 saturated heterocycles. The van der Waals surface area contributed by atoms with Crippen molar-refractivity contribution in [3.8, 4) is 0 Å². The minimum absolute atomic E-state index is 0.0474. The van der Waals surface area contributed by atoms with Gasteiger partial charge in [0.2, 0.25) is 0 Å². The molecule has 0 saturated carbocycles. The highest BCUT2D eigenvalue weighted by Crippen LogP contribution is 2.69. The van der Waals surface area contributed by atoms with Gasteiger partial charge in [0.25, 0.3) is 0 Å². The second kappa shape index (κ2) is 29.6. The molecule has 0 aromatic heterocycles. The lowest BCUT2D eigenvalue weighted by Gasteiger charge is -2.54. The van der Waals surface area contributed by atoms with E-state index in [-0.39, 0.29) is 37.9 Å². The topological polar surface area (TPSA) is 39.0 Å². The van der Waals surface area contributed by atoms with Crippen molar-refractivity contribution in [1.82, 2.24) is 0 Å². The SMILES string of the molecule is CC(C)(C)c1cc(Cl)c(N(c2c(Cl)cccc2Cl)c2c(Cl)cccc2Cl)c(Cl)c1.CC(C)(C)c1cc2c3c(c1)C(C)(C)c1cccc(Cl)c1N3c1c(Cl)cccc1C2(C)C.Cc1c(C)c(Br)c(C)c(C)c1N.Cc1c(C)c(N2c3cccc4c3N3c5c2cccc5C(C)(C)c2cc(C(C)(C)C)cc(c23)C4(C)C)c(C)c(C)c1Br. The molecule has 0 unspecified atom stereocenters. The van der Waals surface area contributed by atoms with Crippen LogP contribution in [-0.2, 0) is 37.9 Å². The van der Waals surface area contributed by atoms with Gasteiger partial charge in [-0.25, -0.2) is 0 Å². The number of para-hydroxylation sites is 6. The summed E-state index contributed by atoms with van der Waals surface area (Å²) in [6, 6.07) is 50.5. The molecule has 5 aliphatic heterocycles. The van der Waals surface area contributed by atoms with E-state index in [4.69, 9.17) is 98.5 Å². The number of anilines is 13. The summed E-state index contributed by atoms with van der Waals surface area (Å²) < 4.78 is 2.40. The third kappa shape index (κ3) is 13.7. The molecule has 0 fully saturated rings. The molecule has 16 rings (SSSR count). The molecule has 2 N–H and O–H groups in total. The summed E-state index contributed by atoms with van der Waals surface area (Å²) in [5.74, 6) is 0. The molecule has 11 aromatic rings. The third-order valence-electron chi connectivity index (χ3n) is 24.9. The van der Waals surface area contributed by atoms with Crippen molar-refractivity contribution in [2.45, 2.75) is 211 Å². The van der Waals surface area contributed by atoms with Gasteiger partial charge in [0.15, 0.2) is 0 Å². The van der Waals surface area contributed by atoms with E-state index >= 15 is 0 Å². The second-order valence-corrected chi connectivity index (χ2v) is 41.2. The number of fused-ring (bicyclic) bond motifs is 4. The Kier molecular flexibility index (Phi) is 22.2. The lowest BCUT2D eigenvalue weighted by atomic mass is 9.64. The molecular formula is C98H101Br2Cl8N5. The van der Waals surface area contributed by atoms with Crippen molar-refractivity contribution >= 4 is 199 Å². The molecule has 113 heavy (non-hydrogen) atoms. The highest BCUT2D eigenvalue weighted by molar-refractivity contribution is 9.11. The number of nitrogens with zero attached hydrogens (tertiary/aromatic N) is 4. The zero-order valence-corrected chi connectivity index (χ0v) is 78.7. The minimum atomic E-state index is -0.184.